The van der Waals surface area contributed by atoms with Gasteiger partial charge in [0.25, 0.3) is 0 Å². The fourth-order valence-electron chi connectivity index (χ4n) is 4.81. The van der Waals surface area contributed by atoms with Crippen LogP contribution in [0.15, 0.2) is 48.5 Å². The van der Waals surface area contributed by atoms with Crippen molar-refractivity contribution in [2.24, 2.45) is 0 Å². The number of pyridine rings is 1. The van der Waals surface area contributed by atoms with E-state index in [9.17, 15) is 0 Å². The Hall–Kier alpha value is -3.06. The molecule has 0 unspecified atom stereocenters. The summed E-state index contributed by atoms with van der Waals surface area (Å²) in [6, 6.07) is 16.8. The van der Waals surface area contributed by atoms with Gasteiger partial charge in [-0.1, -0.05) is 12.1 Å². The predicted molar refractivity (Wildman–Crippen MR) is 141 cm³/mol. The Morgan fingerprint density at radius 2 is 1.70 bits per heavy atom. The second-order valence-corrected chi connectivity index (χ2v) is 9.19. The van der Waals surface area contributed by atoms with Crippen LogP contribution >= 0.6 is 12.2 Å². The Kier molecular flexibility index (Phi) is 6.22. The molecule has 7 heteroatoms. The van der Waals surface area contributed by atoms with Crippen molar-refractivity contribution < 1.29 is 4.74 Å². The van der Waals surface area contributed by atoms with Gasteiger partial charge in [-0.3, -0.25) is 0 Å². The zero-order valence-electron chi connectivity index (χ0n) is 19.4. The molecule has 0 atom stereocenters. The lowest BCUT2D eigenvalue weighted by Gasteiger charge is -2.37. The third-order valence-corrected chi connectivity index (χ3v) is 7.04. The molecular formula is C26H31N5OS. The van der Waals surface area contributed by atoms with Crippen LogP contribution in [0.5, 0.6) is 5.75 Å². The number of fused-ring (bicyclic) bond motifs is 1. The first-order valence-corrected chi connectivity index (χ1v) is 12.1. The molecular weight excluding hydrogens is 430 g/mol. The van der Waals surface area contributed by atoms with Crippen LogP contribution in [0.3, 0.4) is 0 Å². The summed E-state index contributed by atoms with van der Waals surface area (Å²) in [6.07, 6.45) is 2.51. The van der Waals surface area contributed by atoms with Gasteiger partial charge >= 0.3 is 0 Å². The molecule has 0 amide bonds. The molecule has 2 fully saturated rings. The number of hydrogen-bond acceptors (Lipinski definition) is 5. The number of nitrogens with zero attached hydrogens (tertiary/aromatic N) is 4. The van der Waals surface area contributed by atoms with Crippen LogP contribution in [0.2, 0.25) is 0 Å². The highest BCUT2D eigenvalue weighted by molar-refractivity contribution is 7.80. The Labute approximate surface area is 201 Å². The molecule has 33 heavy (non-hydrogen) atoms. The molecule has 3 heterocycles. The number of anilines is 3. The first kappa shape index (κ1) is 21.8. The second kappa shape index (κ2) is 9.43. The Bertz CT molecular complexity index is 1150. The molecule has 2 saturated heterocycles. The number of thiocarbonyl (C=S) groups is 1. The van der Waals surface area contributed by atoms with E-state index in [-0.39, 0.29) is 0 Å². The highest BCUT2D eigenvalue weighted by atomic mass is 32.1. The molecule has 0 aliphatic carbocycles. The van der Waals surface area contributed by atoms with Crippen LogP contribution in [0.25, 0.3) is 10.9 Å². The molecule has 6 nitrogen and oxygen atoms in total. The number of piperazine rings is 1. The fourth-order valence-corrected chi connectivity index (χ4v) is 5.11. The first-order chi connectivity index (χ1) is 16.1. The van der Waals surface area contributed by atoms with Crippen LogP contribution in [-0.4, -0.2) is 61.4 Å². The number of ether oxygens (including phenoxy) is 1. The quantitative estimate of drug-likeness (QED) is 0.567. The van der Waals surface area contributed by atoms with E-state index >= 15 is 0 Å². The average molecular weight is 462 g/mol. The van der Waals surface area contributed by atoms with Crippen molar-refractivity contribution in [1.29, 1.82) is 0 Å². The van der Waals surface area contributed by atoms with Crippen molar-refractivity contribution in [1.82, 2.24) is 9.88 Å². The summed E-state index contributed by atoms with van der Waals surface area (Å²) in [4.78, 5) is 11.9. The lowest BCUT2D eigenvalue weighted by molar-refractivity contribution is 0.382. The molecule has 2 aliphatic heterocycles. The molecule has 0 bridgehead atoms. The van der Waals surface area contributed by atoms with E-state index in [0.717, 1.165) is 72.8 Å². The van der Waals surface area contributed by atoms with E-state index < -0.39 is 0 Å². The van der Waals surface area contributed by atoms with Crippen LogP contribution in [0.4, 0.5) is 17.2 Å². The highest BCUT2D eigenvalue weighted by Gasteiger charge is 2.21. The number of rotatable bonds is 4. The monoisotopic (exact) mass is 461 g/mol. The Morgan fingerprint density at radius 1 is 0.939 bits per heavy atom. The highest BCUT2D eigenvalue weighted by Crippen LogP contribution is 2.29. The smallest absolute Gasteiger partial charge is 0.173 e. The van der Waals surface area contributed by atoms with Gasteiger partial charge in [-0.15, -0.1) is 0 Å². The molecule has 1 N–H and O–H groups in total. The standard InChI is InChI=1S/C26H31N5OS/c1-19-17-25(30-11-5-6-12-30)28-22-10-9-20(18-21(19)22)27-26(33)31-15-13-29(14-16-31)23-7-3-4-8-24(23)32-2/h3-4,7-10,17-18H,5-6,11-16H2,1-2H3,(H,27,33). The number of methoxy groups -OCH3 is 1. The van der Waals surface area contributed by atoms with Crippen molar-refractivity contribution in [3.05, 3.63) is 54.1 Å². The molecule has 2 aromatic carbocycles. The molecule has 0 radical (unpaired) electrons. The lowest BCUT2D eigenvalue weighted by atomic mass is 10.1. The Morgan fingerprint density at radius 3 is 2.45 bits per heavy atom. The molecule has 3 aromatic rings. The van der Waals surface area contributed by atoms with Gasteiger partial charge in [-0.2, -0.15) is 0 Å². The van der Waals surface area contributed by atoms with Crippen molar-refractivity contribution in [3.63, 3.8) is 0 Å². The third kappa shape index (κ3) is 4.55. The van der Waals surface area contributed by atoms with Gasteiger partial charge in [0.2, 0.25) is 0 Å². The minimum atomic E-state index is 0.772. The van der Waals surface area contributed by atoms with Gasteiger partial charge < -0.3 is 24.8 Å². The molecule has 0 spiro atoms. The van der Waals surface area contributed by atoms with Gasteiger partial charge in [-0.25, -0.2) is 4.98 Å². The maximum Gasteiger partial charge on any atom is 0.173 e. The maximum atomic E-state index is 5.76. The zero-order chi connectivity index (χ0) is 22.8. The summed E-state index contributed by atoms with van der Waals surface area (Å²) >= 11 is 5.76. The largest absolute Gasteiger partial charge is 0.495 e. The Balaban J connectivity index is 1.25. The molecule has 2 aliphatic rings. The number of hydrogen-bond donors (Lipinski definition) is 1. The number of aryl methyl sites for hydroxylation is 1. The van der Waals surface area contributed by atoms with E-state index in [1.54, 1.807) is 7.11 Å². The van der Waals surface area contributed by atoms with Gasteiger partial charge in [0.05, 0.1) is 18.3 Å². The predicted octanol–water partition coefficient (Wildman–Crippen LogP) is 4.67. The summed E-state index contributed by atoms with van der Waals surface area (Å²) in [5.41, 5.74) is 4.45. The van der Waals surface area contributed by atoms with E-state index in [4.69, 9.17) is 21.9 Å². The van der Waals surface area contributed by atoms with Gasteiger partial charge in [0.1, 0.15) is 11.6 Å². The molecule has 5 rings (SSSR count). The van der Waals surface area contributed by atoms with E-state index in [1.807, 2.05) is 12.1 Å². The lowest BCUT2D eigenvalue weighted by Crippen LogP contribution is -2.50. The number of benzene rings is 2. The molecule has 1 aromatic heterocycles. The van der Waals surface area contributed by atoms with Crippen molar-refractivity contribution in [2.45, 2.75) is 19.8 Å². The zero-order valence-corrected chi connectivity index (χ0v) is 20.2. The first-order valence-electron chi connectivity index (χ1n) is 11.7. The number of nitrogens with one attached hydrogen (secondary N) is 1. The minimum Gasteiger partial charge on any atom is -0.495 e. The van der Waals surface area contributed by atoms with Crippen LogP contribution < -0.4 is 19.9 Å². The summed E-state index contributed by atoms with van der Waals surface area (Å²) in [6.45, 7) is 7.94. The summed E-state index contributed by atoms with van der Waals surface area (Å²) < 4.78 is 5.53. The van der Waals surface area contributed by atoms with E-state index in [1.165, 1.54) is 23.8 Å². The fraction of sp³-hybridized carbons (Fsp3) is 0.385. The third-order valence-electron chi connectivity index (χ3n) is 6.68. The van der Waals surface area contributed by atoms with Crippen molar-refractivity contribution in [3.8, 4) is 5.75 Å². The van der Waals surface area contributed by atoms with Gasteiger partial charge in [0.15, 0.2) is 5.11 Å². The van der Waals surface area contributed by atoms with Crippen LogP contribution in [0, 0.1) is 6.92 Å². The van der Waals surface area contributed by atoms with E-state index in [0.29, 0.717) is 0 Å². The topological polar surface area (TPSA) is 43.9 Å². The SMILES string of the molecule is COc1ccccc1N1CCN(C(=S)Nc2ccc3nc(N4CCCC4)cc(C)c3c2)CC1. The normalized spacial score (nSPS) is 16.4. The van der Waals surface area contributed by atoms with E-state index in [2.05, 4.69) is 63.3 Å². The van der Waals surface area contributed by atoms with Gasteiger partial charge in [-0.05, 0) is 73.9 Å². The summed E-state index contributed by atoms with van der Waals surface area (Å²) in [5.74, 6) is 2.02. The van der Waals surface area contributed by atoms with Gasteiger partial charge in [0, 0.05) is 50.3 Å². The molecule has 0 saturated carbocycles. The maximum absolute atomic E-state index is 5.76. The summed E-state index contributed by atoms with van der Waals surface area (Å²) in [5, 5.41) is 5.40. The molecule has 172 valence electrons. The van der Waals surface area contributed by atoms with Crippen LogP contribution in [-0.2, 0) is 0 Å². The average Bonchev–Trinajstić information content (AvgIpc) is 3.39. The second-order valence-electron chi connectivity index (χ2n) is 8.80. The van der Waals surface area contributed by atoms with Crippen LogP contribution in [0.1, 0.15) is 18.4 Å². The number of aromatic nitrogens is 1. The van der Waals surface area contributed by atoms with Crippen molar-refractivity contribution in [2.75, 3.05) is 61.5 Å². The number of para-hydroxylation sites is 2. The van der Waals surface area contributed by atoms with Crippen molar-refractivity contribution >= 4 is 45.4 Å². The summed E-state index contributed by atoms with van der Waals surface area (Å²) in [7, 11) is 1.72. The minimum absolute atomic E-state index is 0.772.